The molecule has 0 amide bonds. The first-order chi connectivity index (χ1) is 21.3. The maximum Gasteiger partial charge on any atom is 0.330 e. The summed E-state index contributed by atoms with van der Waals surface area (Å²) in [6.07, 6.45) is -1.13. The molecule has 4 atom stereocenters. The van der Waals surface area contributed by atoms with Crippen LogP contribution >= 0.6 is 0 Å². The average molecular weight is 601 g/mol. The Hall–Kier alpha value is -4.48. The van der Waals surface area contributed by atoms with Gasteiger partial charge in [0.15, 0.2) is 6.23 Å². The molecular formula is C34H36N2O8. The second-order valence-electron chi connectivity index (χ2n) is 10.4. The Labute approximate surface area is 255 Å². The summed E-state index contributed by atoms with van der Waals surface area (Å²) >= 11 is 0. The van der Waals surface area contributed by atoms with Crippen LogP contribution in [0.25, 0.3) is 0 Å². The van der Waals surface area contributed by atoms with E-state index >= 15 is 0 Å². The molecule has 3 aromatic carbocycles. The van der Waals surface area contributed by atoms with E-state index in [9.17, 15) is 14.7 Å². The summed E-state index contributed by atoms with van der Waals surface area (Å²) < 4.78 is 31.2. The number of hydrogen-bond acceptors (Lipinski definition) is 8. The van der Waals surface area contributed by atoms with Crippen LogP contribution in [-0.2, 0) is 19.8 Å². The zero-order valence-electron chi connectivity index (χ0n) is 24.8. The maximum absolute atomic E-state index is 12.8. The van der Waals surface area contributed by atoms with Crippen molar-refractivity contribution < 1.29 is 28.8 Å². The number of nitrogens with zero attached hydrogens (tertiary/aromatic N) is 1. The molecule has 1 aliphatic rings. The SMILES string of the molecule is C=CCO[C@@H]1[C@H](O)[C@@H](COC(c2ccccc2)(c2ccc(OC)cc2)c2ccc(OC)cc2)O[C@H]1n1cc(C)c(=O)[nH]c1=O. The summed E-state index contributed by atoms with van der Waals surface area (Å²) in [5.74, 6) is 1.37. The van der Waals surface area contributed by atoms with Crippen LogP contribution in [0.4, 0.5) is 0 Å². The number of benzene rings is 3. The van der Waals surface area contributed by atoms with Gasteiger partial charge >= 0.3 is 5.69 Å². The first-order valence-electron chi connectivity index (χ1n) is 14.2. The monoisotopic (exact) mass is 600 g/mol. The molecule has 10 heteroatoms. The van der Waals surface area contributed by atoms with Crippen LogP contribution in [0, 0.1) is 6.92 Å². The highest BCUT2D eigenvalue weighted by Crippen LogP contribution is 2.43. The first-order valence-corrected chi connectivity index (χ1v) is 14.2. The fourth-order valence-corrected chi connectivity index (χ4v) is 5.50. The third kappa shape index (κ3) is 5.97. The Morgan fingerprint density at radius 3 is 2.05 bits per heavy atom. The van der Waals surface area contributed by atoms with Crippen molar-refractivity contribution in [1.82, 2.24) is 9.55 Å². The Morgan fingerprint density at radius 1 is 0.932 bits per heavy atom. The first kappa shape index (κ1) is 31.0. The van der Waals surface area contributed by atoms with E-state index in [0.29, 0.717) is 17.1 Å². The summed E-state index contributed by atoms with van der Waals surface area (Å²) in [6.45, 7) is 5.30. The summed E-state index contributed by atoms with van der Waals surface area (Å²) in [7, 11) is 3.21. The van der Waals surface area contributed by atoms with Gasteiger partial charge in [0.1, 0.15) is 35.4 Å². The molecule has 1 fully saturated rings. The van der Waals surface area contributed by atoms with Crippen molar-refractivity contribution in [2.24, 2.45) is 0 Å². The molecule has 2 heterocycles. The number of hydrogen-bond donors (Lipinski definition) is 2. The van der Waals surface area contributed by atoms with Gasteiger partial charge < -0.3 is 28.8 Å². The zero-order chi connectivity index (χ0) is 31.3. The van der Waals surface area contributed by atoms with E-state index < -0.39 is 41.4 Å². The Kier molecular flexibility index (Phi) is 9.46. The number of aliphatic hydroxyl groups is 1. The van der Waals surface area contributed by atoms with E-state index in [-0.39, 0.29) is 13.2 Å². The molecule has 0 unspecified atom stereocenters. The van der Waals surface area contributed by atoms with Crippen LogP contribution in [-0.4, -0.2) is 60.4 Å². The molecule has 10 nitrogen and oxygen atoms in total. The number of rotatable bonds is 12. The fourth-order valence-electron chi connectivity index (χ4n) is 5.50. The van der Waals surface area contributed by atoms with E-state index in [1.807, 2.05) is 78.9 Å². The molecular weight excluding hydrogens is 564 g/mol. The van der Waals surface area contributed by atoms with Crippen molar-refractivity contribution in [2.75, 3.05) is 27.4 Å². The van der Waals surface area contributed by atoms with Crippen molar-refractivity contribution in [3.63, 3.8) is 0 Å². The maximum atomic E-state index is 12.8. The summed E-state index contributed by atoms with van der Waals surface area (Å²) in [4.78, 5) is 27.1. The average Bonchev–Trinajstić information content (AvgIpc) is 3.37. The highest BCUT2D eigenvalue weighted by atomic mass is 16.6. The highest BCUT2D eigenvalue weighted by molar-refractivity contribution is 5.49. The van der Waals surface area contributed by atoms with Crippen LogP contribution in [0.2, 0.25) is 0 Å². The largest absolute Gasteiger partial charge is 0.497 e. The molecule has 1 aliphatic heterocycles. The van der Waals surface area contributed by atoms with Gasteiger partial charge in [-0.05, 0) is 47.9 Å². The number of nitrogens with one attached hydrogen (secondary N) is 1. The topological polar surface area (TPSA) is 121 Å². The van der Waals surface area contributed by atoms with Gasteiger partial charge in [0.2, 0.25) is 0 Å². The van der Waals surface area contributed by atoms with Gasteiger partial charge in [0.25, 0.3) is 5.56 Å². The van der Waals surface area contributed by atoms with Gasteiger partial charge in [0, 0.05) is 11.8 Å². The molecule has 2 N–H and O–H groups in total. The predicted octanol–water partition coefficient (Wildman–Crippen LogP) is 3.70. The second kappa shape index (κ2) is 13.4. The molecule has 1 saturated heterocycles. The summed E-state index contributed by atoms with van der Waals surface area (Å²) in [6, 6.07) is 24.9. The van der Waals surface area contributed by atoms with Crippen molar-refractivity contribution >= 4 is 0 Å². The number of aromatic nitrogens is 2. The standard InChI is InChI=1S/C34H36N2O8/c1-5-19-42-30-29(37)28(44-32(30)36-20-22(2)31(38)35-33(36)39)21-43-34(23-9-7-6-8-10-23,24-11-15-26(40-3)16-12-24)25-13-17-27(41-4)18-14-25/h5-18,20,28-30,32,37H,1,19,21H2,2-4H3,(H,35,38,39)/t28-,29-,30-,32-/m1/s1. The van der Waals surface area contributed by atoms with E-state index in [2.05, 4.69) is 11.6 Å². The Bertz CT molecular complexity index is 1620. The Morgan fingerprint density at radius 2 is 1.50 bits per heavy atom. The van der Waals surface area contributed by atoms with Crippen LogP contribution in [0.15, 0.2) is 107 Å². The molecule has 5 rings (SSSR count). The lowest BCUT2D eigenvalue weighted by atomic mass is 9.80. The quantitative estimate of drug-likeness (QED) is 0.187. The van der Waals surface area contributed by atoms with Crippen molar-refractivity contribution in [3.8, 4) is 11.5 Å². The normalized spacial score (nSPS) is 19.9. The van der Waals surface area contributed by atoms with E-state index in [4.69, 9.17) is 23.7 Å². The summed E-state index contributed by atoms with van der Waals surface area (Å²) in [5.41, 5.74) is 0.445. The van der Waals surface area contributed by atoms with Gasteiger partial charge in [0.05, 0.1) is 27.4 Å². The van der Waals surface area contributed by atoms with Crippen molar-refractivity contribution in [3.05, 3.63) is 141 Å². The lowest BCUT2D eigenvalue weighted by Crippen LogP contribution is -2.41. The van der Waals surface area contributed by atoms with E-state index in [1.165, 1.54) is 10.8 Å². The van der Waals surface area contributed by atoms with Gasteiger partial charge in [-0.15, -0.1) is 6.58 Å². The van der Waals surface area contributed by atoms with E-state index in [1.54, 1.807) is 27.2 Å². The molecule has 4 aromatic rings. The second-order valence-corrected chi connectivity index (χ2v) is 10.4. The predicted molar refractivity (Wildman–Crippen MR) is 164 cm³/mol. The van der Waals surface area contributed by atoms with E-state index in [0.717, 1.165) is 16.7 Å². The number of aliphatic hydroxyl groups excluding tert-OH is 1. The minimum absolute atomic E-state index is 0.0876. The molecule has 0 aliphatic carbocycles. The van der Waals surface area contributed by atoms with Gasteiger partial charge in [-0.2, -0.15) is 0 Å². The van der Waals surface area contributed by atoms with Gasteiger partial charge in [-0.1, -0.05) is 60.7 Å². The fraction of sp³-hybridized carbons (Fsp3) is 0.294. The molecule has 0 bridgehead atoms. The third-order valence-corrected chi connectivity index (χ3v) is 7.78. The molecule has 1 aromatic heterocycles. The third-order valence-electron chi connectivity index (χ3n) is 7.78. The van der Waals surface area contributed by atoms with Crippen LogP contribution < -0.4 is 20.7 Å². The lowest BCUT2D eigenvalue weighted by molar-refractivity contribution is -0.0974. The lowest BCUT2D eigenvalue weighted by Gasteiger charge is -2.37. The minimum Gasteiger partial charge on any atom is -0.497 e. The molecule has 0 saturated carbocycles. The van der Waals surface area contributed by atoms with Crippen LogP contribution in [0.3, 0.4) is 0 Å². The van der Waals surface area contributed by atoms with Crippen LogP contribution in [0.5, 0.6) is 11.5 Å². The smallest absolute Gasteiger partial charge is 0.330 e. The molecule has 230 valence electrons. The zero-order valence-corrected chi connectivity index (χ0v) is 24.8. The number of aromatic amines is 1. The minimum atomic E-state index is -1.18. The summed E-state index contributed by atoms with van der Waals surface area (Å²) in [5, 5.41) is 11.5. The highest BCUT2D eigenvalue weighted by Gasteiger charge is 2.48. The number of H-pyrrole nitrogens is 1. The van der Waals surface area contributed by atoms with Crippen molar-refractivity contribution in [2.45, 2.75) is 37.1 Å². The number of methoxy groups -OCH3 is 2. The number of ether oxygens (including phenoxy) is 5. The molecule has 0 spiro atoms. The number of aryl methyl sites for hydroxylation is 1. The van der Waals surface area contributed by atoms with Gasteiger partial charge in [-0.3, -0.25) is 14.3 Å². The molecule has 0 radical (unpaired) electrons. The van der Waals surface area contributed by atoms with Crippen LogP contribution in [0.1, 0.15) is 28.5 Å². The van der Waals surface area contributed by atoms with Crippen molar-refractivity contribution in [1.29, 1.82) is 0 Å². The Balaban J connectivity index is 1.58. The molecule has 44 heavy (non-hydrogen) atoms. The van der Waals surface area contributed by atoms with Gasteiger partial charge in [-0.25, -0.2) is 4.79 Å².